The van der Waals surface area contributed by atoms with E-state index in [1.165, 1.54) is 11.9 Å². The van der Waals surface area contributed by atoms with Gasteiger partial charge in [0.25, 0.3) is 5.91 Å². The highest BCUT2D eigenvalue weighted by Gasteiger charge is 2.14. The fourth-order valence-electron chi connectivity index (χ4n) is 2.93. The smallest absolute Gasteiger partial charge is 0.274 e. The zero-order valence-corrected chi connectivity index (χ0v) is 16.7. The number of benzene rings is 2. The summed E-state index contributed by atoms with van der Waals surface area (Å²) in [4.78, 5) is 25.2. The first-order valence-corrected chi connectivity index (χ1v) is 9.23. The molecule has 0 aliphatic carbocycles. The highest BCUT2D eigenvalue weighted by Crippen LogP contribution is 2.24. The molecule has 0 atom stereocenters. The second-order valence-electron chi connectivity index (χ2n) is 6.74. The SMILES string of the molecule is CCN(c1cccc(C)c1)c1cc(C(=O)Nc2ccc(N(C)C)cc2)ncn1. The van der Waals surface area contributed by atoms with Crippen LogP contribution in [0.25, 0.3) is 0 Å². The Morgan fingerprint density at radius 3 is 2.39 bits per heavy atom. The molecule has 0 fully saturated rings. The summed E-state index contributed by atoms with van der Waals surface area (Å²) < 4.78 is 0. The summed E-state index contributed by atoms with van der Waals surface area (Å²) in [5.41, 5.74) is 4.32. The molecule has 3 rings (SSSR count). The van der Waals surface area contributed by atoms with Crippen molar-refractivity contribution in [2.75, 3.05) is 35.8 Å². The zero-order valence-electron chi connectivity index (χ0n) is 16.7. The molecule has 1 amide bonds. The van der Waals surface area contributed by atoms with Gasteiger partial charge in [-0.3, -0.25) is 4.79 Å². The minimum atomic E-state index is -0.262. The summed E-state index contributed by atoms with van der Waals surface area (Å²) in [6.45, 7) is 4.84. The summed E-state index contributed by atoms with van der Waals surface area (Å²) in [7, 11) is 3.95. The van der Waals surface area contributed by atoms with Crippen LogP contribution in [0.3, 0.4) is 0 Å². The molecule has 0 unspecified atom stereocenters. The average molecular weight is 375 g/mol. The van der Waals surface area contributed by atoms with Gasteiger partial charge in [-0.05, 0) is 55.8 Å². The summed E-state index contributed by atoms with van der Waals surface area (Å²) in [5, 5.41) is 2.89. The van der Waals surface area contributed by atoms with E-state index in [1.807, 2.05) is 55.4 Å². The molecule has 1 heterocycles. The van der Waals surface area contributed by atoms with Crippen LogP contribution in [-0.2, 0) is 0 Å². The lowest BCUT2D eigenvalue weighted by molar-refractivity contribution is 0.102. The first-order valence-electron chi connectivity index (χ1n) is 9.23. The van der Waals surface area contributed by atoms with Gasteiger partial charge in [0.1, 0.15) is 17.8 Å². The van der Waals surface area contributed by atoms with Gasteiger partial charge >= 0.3 is 0 Å². The zero-order chi connectivity index (χ0) is 20.1. The molecule has 28 heavy (non-hydrogen) atoms. The summed E-state index contributed by atoms with van der Waals surface area (Å²) >= 11 is 0. The van der Waals surface area contributed by atoms with Crippen molar-refractivity contribution in [2.24, 2.45) is 0 Å². The molecule has 0 spiro atoms. The molecule has 0 aliphatic heterocycles. The molecule has 6 heteroatoms. The Labute approximate surface area is 165 Å². The van der Waals surface area contributed by atoms with E-state index in [0.29, 0.717) is 11.5 Å². The van der Waals surface area contributed by atoms with E-state index in [2.05, 4.69) is 46.2 Å². The number of hydrogen-bond donors (Lipinski definition) is 1. The van der Waals surface area contributed by atoms with Gasteiger partial charge in [-0.2, -0.15) is 0 Å². The van der Waals surface area contributed by atoms with Crippen molar-refractivity contribution >= 4 is 28.8 Å². The van der Waals surface area contributed by atoms with Crippen molar-refractivity contribution in [1.82, 2.24) is 9.97 Å². The predicted molar refractivity (Wildman–Crippen MR) is 115 cm³/mol. The highest BCUT2D eigenvalue weighted by atomic mass is 16.1. The van der Waals surface area contributed by atoms with Crippen molar-refractivity contribution in [3.63, 3.8) is 0 Å². The summed E-state index contributed by atoms with van der Waals surface area (Å²) in [6, 6.07) is 17.6. The predicted octanol–water partition coefficient (Wildman–Crippen LogP) is 4.26. The summed E-state index contributed by atoms with van der Waals surface area (Å²) in [6.07, 6.45) is 1.43. The van der Waals surface area contributed by atoms with E-state index in [1.54, 1.807) is 6.07 Å². The molecule has 3 aromatic rings. The number of anilines is 4. The van der Waals surface area contributed by atoms with Crippen molar-refractivity contribution in [3.8, 4) is 0 Å². The van der Waals surface area contributed by atoms with E-state index in [4.69, 9.17) is 0 Å². The number of carbonyl (C=O) groups excluding carboxylic acids is 1. The monoisotopic (exact) mass is 375 g/mol. The molecule has 144 valence electrons. The minimum Gasteiger partial charge on any atom is -0.378 e. The first-order chi connectivity index (χ1) is 13.5. The molecule has 6 nitrogen and oxygen atoms in total. The number of nitrogens with one attached hydrogen (secondary N) is 1. The normalized spacial score (nSPS) is 10.4. The van der Waals surface area contributed by atoms with E-state index in [9.17, 15) is 4.79 Å². The number of aromatic nitrogens is 2. The number of rotatable bonds is 6. The van der Waals surface area contributed by atoms with Gasteiger partial charge in [0.15, 0.2) is 0 Å². The molecule has 1 aromatic heterocycles. The van der Waals surface area contributed by atoms with Crippen LogP contribution in [0.4, 0.5) is 22.9 Å². The van der Waals surface area contributed by atoms with Crippen molar-refractivity contribution in [1.29, 1.82) is 0 Å². The standard InChI is InChI=1S/C22H25N5O/c1-5-27(19-8-6-7-16(2)13-19)21-14-20(23-15-24-21)22(28)25-17-9-11-18(12-10-17)26(3)4/h6-15H,5H2,1-4H3,(H,25,28). The lowest BCUT2D eigenvalue weighted by atomic mass is 10.2. The van der Waals surface area contributed by atoms with E-state index < -0.39 is 0 Å². The van der Waals surface area contributed by atoms with E-state index >= 15 is 0 Å². The van der Waals surface area contributed by atoms with Gasteiger partial charge in [-0.15, -0.1) is 0 Å². The Hall–Kier alpha value is -3.41. The quantitative estimate of drug-likeness (QED) is 0.697. The van der Waals surface area contributed by atoms with Crippen molar-refractivity contribution in [3.05, 3.63) is 72.2 Å². The van der Waals surface area contributed by atoms with Gasteiger partial charge in [-0.25, -0.2) is 9.97 Å². The largest absolute Gasteiger partial charge is 0.378 e. The molecule has 0 aliphatic rings. The second-order valence-corrected chi connectivity index (χ2v) is 6.74. The van der Waals surface area contributed by atoms with Crippen LogP contribution in [0.15, 0.2) is 60.9 Å². The van der Waals surface area contributed by atoms with Crippen LogP contribution >= 0.6 is 0 Å². The Morgan fingerprint density at radius 1 is 1.00 bits per heavy atom. The lowest BCUT2D eigenvalue weighted by Gasteiger charge is -2.22. The third-order valence-corrected chi connectivity index (χ3v) is 4.43. The number of hydrogen-bond acceptors (Lipinski definition) is 5. The van der Waals surface area contributed by atoms with Crippen LogP contribution in [0.2, 0.25) is 0 Å². The van der Waals surface area contributed by atoms with Crippen molar-refractivity contribution in [2.45, 2.75) is 13.8 Å². The Morgan fingerprint density at radius 2 is 1.75 bits per heavy atom. The van der Waals surface area contributed by atoms with Crippen molar-refractivity contribution < 1.29 is 4.79 Å². The van der Waals surface area contributed by atoms with Crippen LogP contribution < -0.4 is 15.1 Å². The fraction of sp³-hybridized carbons (Fsp3) is 0.227. The highest BCUT2D eigenvalue weighted by molar-refractivity contribution is 6.03. The lowest BCUT2D eigenvalue weighted by Crippen LogP contribution is -2.20. The van der Waals surface area contributed by atoms with Gasteiger partial charge in [0, 0.05) is 43.8 Å². The first kappa shape index (κ1) is 19.4. The summed E-state index contributed by atoms with van der Waals surface area (Å²) in [5.74, 6) is 0.428. The molecular weight excluding hydrogens is 350 g/mol. The molecular formula is C22H25N5O. The molecule has 0 saturated carbocycles. The van der Waals surface area contributed by atoms with Crippen LogP contribution in [0.1, 0.15) is 23.0 Å². The van der Waals surface area contributed by atoms with Gasteiger partial charge < -0.3 is 15.1 Å². The number of amides is 1. The Bertz CT molecular complexity index is 953. The molecule has 0 radical (unpaired) electrons. The molecule has 0 saturated heterocycles. The van der Waals surface area contributed by atoms with Gasteiger partial charge in [-0.1, -0.05) is 12.1 Å². The molecule has 2 aromatic carbocycles. The third kappa shape index (κ3) is 4.46. The maximum Gasteiger partial charge on any atom is 0.274 e. The Balaban J connectivity index is 1.80. The van der Waals surface area contributed by atoms with Crippen LogP contribution in [0, 0.1) is 6.92 Å². The molecule has 1 N–H and O–H groups in total. The average Bonchev–Trinajstić information content (AvgIpc) is 2.69. The number of aryl methyl sites for hydroxylation is 1. The van der Waals surface area contributed by atoms with Gasteiger partial charge in [0.05, 0.1) is 0 Å². The topological polar surface area (TPSA) is 61.4 Å². The maximum atomic E-state index is 12.7. The molecule has 0 bridgehead atoms. The number of nitrogens with zero attached hydrogens (tertiary/aromatic N) is 4. The van der Waals surface area contributed by atoms with E-state index in [0.717, 1.165) is 23.6 Å². The fourth-order valence-corrected chi connectivity index (χ4v) is 2.93. The minimum absolute atomic E-state index is 0.262. The van der Waals surface area contributed by atoms with E-state index in [-0.39, 0.29) is 5.91 Å². The van der Waals surface area contributed by atoms with Gasteiger partial charge in [0.2, 0.25) is 0 Å². The van der Waals surface area contributed by atoms with Crippen LogP contribution in [-0.4, -0.2) is 36.5 Å². The van der Waals surface area contributed by atoms with Crippen LogP contribution in [0.5, 0.6) is 0 Å². The number of carbonyl (C=O) groups is 1. The maximum absolute atomic E-state index is 12.7. The Kier molecular flexibility index (Phi) is 5.89. The second kappa shape index (κ2) is 8.52. The third-order valence-electron chi connectivity index (χ3n) is 4.43.